The molecule has 0 heterocycles. The largest absolute Gasteiger partial charge is 0.0591 e. The van der Waals surface area contributed by atoms with Gasteiger partial charge in [0.25, 0.3) is 0 Å². The Labute approximate surface area is 125 Å². The molecule has 20 heavy (non-hydrogen) atoms. The van der Waals surface area contributed by atoms with Crippen molar-refractivity contribution in [2.75, 3.05) is 0 Å². The minimum atomic E-state index is 0.956. The van der Waals surface area contributed by atoms with Crippen LogP contribution in [0.2, 0.25) is 0 Å². The van der Waals surface area contributed by atoms with Gasteiger partial charge in [0.2, 0.25) is 0 Å². The van der Waals surface area contributed by atoms with Crippen molar-refractivity contribution < 1.29 is 0 Å². The molecule has 1 aromatic rings. The average molecular weight is 270 g/mol. The predicted octanol–water partition coefficient (Wildman–Crippen LogP) is 5.92. The van der Waals surface area contributed by atoms with E-state index in [1.807, 2.05) is 0 Å². The van der Waals surface area contributed by atoms with E-state index < -0.39 is 0 Å². The lowest BCUT2D eigenvalue weighted by atomic mass is 9.70. The predicted molar refractivity (Wildman–Crippen MR) is 86.9 cm³/mol. The zero-order valence-corrected chi connectivity index (χ0v) is 13.1. The van der Waals surface area contributed by atoms with Gasteiger partial charge in [-0.3, -0.25) is 0 Å². The minimum absolute atomic E-state index is 0.956. The van der Waals surface area contributed by atoms with Crippen molar-refractivity contribution in [2.24, 2.45) is 17.8 Å². The van der Waals surface area contributed by atoms with Crippen molar-refractivity contribution in [2.45, 2.75) is 71.1 Å². The Morgan fingerprint density at radius 2 is 1.35 bits per heavy atom. The molecular formula is C20H30. The molecule has 0 atom stereocenters. The SMILES string of the molecule is Cc1ccc(CC2CCC(C3CCCCC3)CC2)cc1. The van der Waals surface area contributed by atoms with E-state index >= 15 is 0 Å². The highest BCUT2D eigenvalue weighted by Crippen LogP contribution is 2.40. The van der Waals surface area contributed by atoms with Gasteiger partial charge in [-0.25, -0.2) is 0 Å². The van der Waals surface area contributed by atoms with Gasteiger partial charge in [-0.1, -0.05) is 61.9 Å². The highest BCUT2D eigenvalue weighted by molar-refractivity contribution is 5.21. The molecular weight excluding hydrogens is 240 g/mol. The third-order valence-electron chi connectivity index (χ3n) is 5.85. The highest BCUT2D eigenvalue weighted by atomic mass is 14.3. The smallest absolute Gasteiger partial charge is 0.0250 e. The quantitative estimate of drug-likeness (QED) is 0.639. The minimum Gasteiger partial charge on any atom is -0.0591 e. The molecule has 1 aromatic carbocycles. The summed E-state index contributed by atoms with van der Waals surface area (Å²) in [5.41, 5.74) is 2.94. The van der Waals surface area contributed by atoms with Crippen LogP contribution in [0.5, 0.6) is 0 Å². The van der Waals surface area contributed by atoms with Crippen LogP contribution < -0.4 is 0 Å². The van der Waals surface area contributed by atoms with E-state index in [1.54, 1.807) is 5.56 Å². The molecule has 110 valence electrons. The number of benzene rings is 1. The van der Waals surface area contributed by atoms with Gasteiger partial charge in [-0.05, 0) is 62.3 Å². The van der Waals surface area contributed by atoms with E-state index in [2.05, 4.69) is 31.2 Å². The van der Waals surface area contributed by atoms with Gasteiger partial charge in [-0.15, -0.1) is 0 Å². The second kappa shape index (κ2) is 6.78. The summed E-state index contributed by atoms with van der Waals surface area (Å²) in [7, 11) is 0. The zero-order valence-electron chi connectivity index (χ0n) is 13.1. The second-order valence-electron chi connectivity index (χ2n) is 7.37. The Bertz CT molecular complexity index is 389. The van der Waals surface area contributed by atoms with Crippen LogP contribution in [0.4, 0.5) is 0 Å². The molecule has 2 saturated carbocycles. The van der Waals surface area contributed by atoms with E-state index in [1.165, 1.54) is 69.8 Å². The maximum Gasteiger partial charge on any atom is -0.0250 e. The Morgan fingerprint density at radius 1 is 0.750 bits per heavy atom. The fraction of sp³-hybridized carbons (Fsp3) is 0.700. The van der Waals surface area contributed by atoms with Crippen molar-refractivity contribution in [1.82, 2.24) is 0 Å². The molecule has 0 saturated heterocycles. The van der Waals surface area contributed by atoms with Crippen LogP contribution in [0.1, 0.15) is 68.9 Å². The molecule has 0 radical (unpaired) electrons. The molecule has 0 N–H and O–H groups in total. The number of hydrogen-bond donors (Lipinski definition) is 0. The van der Waals surface area contributed by atoms with E-state index in [0.29, 0.717) is 0 Å². The summed E-state index contributed by atoms with van der Waals surface area (Å²) in [5.74, 6) is 3.12. The van der Waals surface area contributed by atoms with Crippen LogP contribution in [-0.4, -0.2) is 0 Å². The van der Waals surface area contributed by atoms with Crippen LogP contribution in [0.3, 0.4) is 0 Å². The molecule has 0 heteroatoms. The Morgan fingerprint density at radius 3 is 2.00 bits per heavy atom. The Balaban J connectivity index is 1.47. The molecule has 2 aliphatic rings. The lowest BCUT2D eigenvalue weighted by molar-refractivity contribution is 0.167. The van der Waals surface area contributed by atoms with E-state index in [-0.39, 0.29) is 0 Å². The average Bonchev–Trinajstić information content (AvgIpc) is 2.51. The van der Waals surface area contributed by atoms with Gasteiger partial charge in [0, 0.05) is 0 Å². The summed E-state index contributed by atoms with van der Waals surface area (Å²) >= 11 is 0. The van der Waals surface area contributed by atoms with Gasteiger partial charge in [-0.2, -0.15) is 0 Å². The van der Waals surface area contributed by atoms with Crippen molar-refractivity contribution in [3.63, 3.8) is 0 Å². The first-order valence-electron chi connectivity index (χ1n) is 8.87. The van der Waals surface area contributed by atoms with E-state index in [0.717, 1.165) is 17.8 Å². The van der Waals surface area contributed by atoms with Gasteiger partial charge in [0.05, 0.1) is 0 Å². The molecule has 0 aromatic heterocycles. The van der Waals surface area contributed by atoms with Crippen LogP contribution in [0.25, 0.3) is 0 Å². The van der Waals surface area contributed by atoms with Crippen LogP contribution >= 0.6 is 0 Å². The Kier molecular flexibility index (Phi) is 4.81. The molecule has 2 aliphatic carbocycles. The fourth-order valence-electron chi connectivity index (χ4n) is 4.53. The second-order valence-corrected chi connectivity index (χ2v) is 7.37. The fourth-order valence-corrected chi connectivity index (χ4v) is 4.53. The van der Waals surface area contributed by atoms with Crippen LogP contribution in [0, 0.1) is 24.7 Å². The maximum absolute atomic E-state index is 2.34. The maximum atomic E-state index is 2.34. The normalized spacial score (nSPS) is 28.4. The van der Waals surface area contributed by atoms with Crippen molar-refractivity contribution in [1.29, 1.82) is 0 Å². The van der Waals surface area contributed by atoms with Crippen LogP contribution in [0.15, 0.2) is 24.3 Å². The summed E-state index contributed by atoms with van der Waals surface area (Å²) in [4.78, 5) is 0. The summed E-state index contributed by atoms with van der Waals surface area (Å²) in [6.07, 6.45) is 14.9. The summed E-state index contributed by atoms with van der Waals surface area (Å²) in [6.45, 7) is 2.18. The van der Waals surface area contributed by atoms with Gasteiger partial charge < -0.3 is 0 Å². The zero-order chi connectivity index (χ0) is 13.8. The number of rotatable bonds is 3. The molecule has 0 nitrogen and oxygen atoms in total. The summed E-state index contributed by atoms with van der Waals surface area (Å²) in [6, 6.07) is 9.21. The monoisotopic (exact) mass is 270 g/mol. The van der Waals surface area contributed by atoms with Crippen molar-refractivity contribution in [3.8, 4) is 0 Å². The van der Waals surface area contributed by atoms with Gasteiger partial charge in [0.15, 0.2) is 0 Å². The Hall–Kier alpha value is -0.780. The first-order valence-corrected chi connectivity index (χ1v) is 8.87. The molecule has 0 spiro atoms. The van der Waals surface area contributed by atoms with Crippen molar-refractivity contribution >= 4 is 0 Å². The van der Waals surface area contributed by atoms with Crippen molar-refractivity contribution in [3.05, 3.63) is 35.4 Å². The molecule has 0 bridgehead atoms. The van der Waals surface area contributed by atoms with E-state index in [9.17, 15) is 0 Å². The summed E-state index contributed by atoms with van der Waals surface area (Å²) in [5, 5.41) is 0. The van der Waals surface area contributed by atoms with Crippen LogP contribution in [-0.2, 0) is 6.42 Å². The number of hydrogen-bond acceptors (Lipinski definition) is 0. The molecule has 0 amide bonds. The van der Waals surface area contributed by atoms with E-state index in [4.69, 9.17) is 0 Å². The molecule has 0 unspecified atom stereocenters. The summed E-state index contributed by atoms with van der Waals surface area (Å²) < 4.78 is 0. The first kappa shape index (κ1) is 14.2. The molecule has 2 fully saturated rings. The third-order valence-corrected chi connectivity index (χ3v) is 5.85. The molecule has 0 aliphatic heterocycles. The van der Waals surface area contributed by atoms with Gasteiger partial charge in [0.1, 0.15) is 0 Å². The highest BCUT2D eigenvalue weighted by Gasteiger charge is 2.28. The lowest BCUT2D eigenvalue weighted by Gasteiger charge is -2.36. The number of aryl methyl sites for hydroxylation is 1. The topological polar surface area (TPSA) is 0 Å². The lowest BCUT2D eigenvalue weighted by Crippen LogP contribution is -2.24. The first-order chi connectivity index (χ1) is 9.81. The van der Waals surface area contributed by atoms with Gasteiger partial charge >= 0.3 is 0 Å². The molecule has 3 rings (SSSR count). The third kappa shape index (κ3) is 3.65. The standard InChI is InChI=1S/C20H30/c1-16-7-9-17(10-8-16)15-18-11-13-20(14-12-18)19-5-3-2-4-6-19/h7-10,18-20H,2-6,11-15H2,1H3.